The molecular formula is C23H26ClN3O3S2. The van der Waals surface area contributed by atoms with Crippen LogP contribution in [0.1, 0.15) is 49.4 Å². The van der Waals surface area contributed by atoms with E-state index >= 15 is 0 Å². The highest BCUT2D eigenvalue weighted by Crippen LogP contribution is 2.23. The number of fused-ring (bicyclic) bond motifs is 1. The van der Waals surface area contributed by atoms with Gasteiger partial charge in [0.2, 0.25) is 10.0 Å². The van der Waals surface area contributed by atoms with Crippen LogP contribution in [0.2, 0.25) is 5.02 Å². The van der Waals surface area contributed by atoms with Gasteiger partial charge in [0.1, 0.15) is 0 Å². The number of benzene rings is 2. The van der Waals surface area contributed by atoms with Gasteiger partial charge in [0.25, 0.3) is 5.91 Å². The number of hydrogen-bond acceptors (Lipinski definition) is 4. The average molecular weight is 492 g/mol. The Kier molecular flexibility index (Phi) is 7.14. The number of aryl methyl sites for hydroxylation is 1. The first-order chi connectivity index (χ1) is 15.4. The molecule has 3 aromatic rings. The third-order valence-electron chi connectivity index (χ3n) is 5.59. The molecule has 1 amide bonds. The number of thiazole rings is 1. The Labute approximate surface area is 197 Å². The fourth-order valence-corrected chi connectivity index (χ4v) is 6.77. The fourth-order valence-electron chi connectivity index (χ4n) is 3.92. The lowest BCUT2D eigenvalue weighted by atomic mass is 10.2. The van der Waals surface area contributed by atoms with E-state index < -0.39 is 15.9 Å². The summed E-state index contributed by atoms with van der Waals surface area (Å²) in [5.41, 5.74) is 1.35. The Morgan fingerprint density at radius 1 is 1.06 bits per heavy atom. The molecule has 0 N–H and O–H groups in total. The molecule has 2 aromatic carbocycles. The number of carbonyl (C=O) groups excluding carboxylic acids is 1. The van der Waals surface area contributed by atoms with Crippen molar-refractivity contribution < 1.29 is 13.2 Å². The van der Waals surface area contributed by atoms with E-state index in [1.807, 2.05) is 22.8 Å². The zero-order valence-electron chi connectivity index (χ0n) is 18.0. The van der Waals surface area contributed by atoms with Crippen LogP contribution in [-0.4, -0.2) is 36.3 Å². The van der Waals surface area contributed by atoms with Crippen molar-refractivity contribution in [3.8, 4) is 0 Å². The number of halogens is 1. The Hall–Kier alpha value is -2.00. The van der Waals surface area contributed by atoms with Gasteiger partial charge >= 0.3 is 0 Å². The minimum atomic E-state index is -3.55. The lowest BCUT2D eigenvalue weighted by Gasteiger charge is -2.19. The Bertz CT molecular complexity index is 1290. The van der Waals surface area contributed by atoms with Crippen molar-refractivity contribution >= 4 is 49.1 Å². The molecule has 9 heteroatoms. The summed E-state index contributed by atoms with van der Waals surface area (Å²) in [5.74, 6) is -0.397. The van der Waals surface area contributed by atoms with Gasteiger partial charge in [-0.1, -0.05) is 42.7 Å². The lowest BCUT2D eigenvalue weighted by molar-refractivity contribution is 0.0997. The average Bonchev–Trinajstić information content (AvgIpc) is 2.95. The number of aromatic nitrogens is 1. The summed E-state index contributed by atoms with van der Waals surface area (Å²) in [5, 5.41) is 0.640. The molecule has 0 spiro atoms. The maximum Gasteiger partial charge on any atom is 0.279 e. The van der Waals surface area contributed by atoms with Crippen LogP contribution < -0.4 is 4.80 Å². The summed E-state index contributed by atoms with van der Waals surface area (Å²) in [4.78, 5) is 18.0. The summed E-state index contributed by atoms with van der Waals surface area (Å²) in [6.07, 6.45) is 4.78. The maximum absolute atomic E-state index is 13.0. The highest BCUT2D eigenvalue weighted by molar-refractivity contribution is 7.89. The second kappa shape index (κ2) is 9.87. The van der Waals surface area contributed by atoms with Crippen LogP contribution in [0.3, 0.4) is 0 Å². The van der Waals surface area contributed by atoms with Crippen LogP contribution >= 0.6 is 22.9 Å². The summed E-state index contributed by atoms with van der Waals surface area (Å²) in [6, 6.07) is 11.8. The minimum Gasteiger partial charge on any atom is -0.316 e. The molecule has 0 radical (unpaired) electrons. The lowest BCUT2D eigenvalue weighted by Crippen LogP contribution is -2.31. The highest BCUT2D eigenvalue weighted by Gasteiger charge is 2.25. The van der Waals surface area contributed by atoms with Gasteiger partial charge in [-0.3, -0.25) is 4.79 Å². The zero-order valence-corrected chi connectivity index (χ0v) is 20.3. The van der Waals surface area contributed by atoms with Crippen molar-refractivity contribution in [2.75, 3.05) is 13.1 Å². The second-order valence-corrected chi connectivity index (χ2v) is 11.3. The monoisotopic (exact) mass is 491 g/mol. The van der Waals surface area contributed by atoms with E-state index in [0.717, 1.165) is 48.9 Å². The molecule has 0 atom stereocenters. The molecule has 4 rings (SSSR count). The molecule has 1 aromatic heterocycles. The Morgan fingerprint density at radius 3 is 2.41 bits per heavy atom. The van der Waals surface area contributed by atoms with Gasteiger partial charge < -0.3 is 4.57 Å². The molecule has 0 unspecified atom stereocenters. The zero-order chi connectivity index (χ0) is 22.7. The van der Waals surface area contributed by atoms with Crippen molar-refractivity contribution in [1.29, 1.82) is 0 Å². The molecule has 1 fully saturated rings. The van der Waals surface area contributed by atoms with Crippen molar-refractivity contribution in [2.24, 2.45) is 4.99 Å². The molecule has 32 heavy (non-hydrogen) atoms. The second-order valence-electron chi connectivity index (χ2n) is 7.91. The van der Waals surface area contributed by atoms with E-state index in [9.17, 15) is 13.2 Å². The van der Waals surface area contributed by atoms with E-state index in [2.05, 4.69) is 11.9 Å². The Balaban J connectivity index is 1.63. The number of carbonyl (C=O) groups is 1. The van der Waals surface area contributed by atoms with Gasteiger partial charge in [-0.25, -0.2) is 8.42 Å². The number of hydrogen-bond donors (Lipinski definition) is 0. The van der Waals surface area contributed by atoms with Gasteiger partial charge in [0.05, 0.1) is 15.1 Å². The van der Waals surface area contributed by atoms with Gasteiger partial charge in [-0.05, 0) is 61.7 Å². The first-order valence-electron chi connectivity index (χ1n) is 10.9. The molecule has 1 saturated heterocycles. The van der Waals surface area contributed by atoms with E-state index in [1.54, 1.807) is 16.4 Å². The molecule has 1 aliphatic heterocycles. The fraction of sp³-hybridized carbons (Fsp3) is 0.391. The van der Waals surface area contributed by atoms with Gasteiger partial charge in [0, 0.05) is 30.2 Å². The number of rotatable bonds is 5. The van der Waals surface area contributed by atoms with Crippen molar-refractivity contribution in [3.05, 3.63) is 57.9 Å². The third kappa shape index (κ3) is 4.83. The molecular weight excluding hydrogens is 466 g/mol. The summed E-state index contributed by atoms with van der Waals surface area (Å²) in [6.45, 7) is 3.90. The van der Waals surface area contributed by atoms with Crippen LogP contribution in [0.25, 0.3) is 10.2 Å². The molecule has 2 heterocycles. The van der Waals surface area contributed by atoms with Crippen molar-refractivity contribution in [1.82, 2.24) is 8.87 Å². The SMILES string of the molecule is CCCn1c(=NC(=O)c2ccc(S(=O)(=O)N3CCCCCC3)cc2)sc2cc(Cl)ccc21. The number of amides is 1. The van der Waals surface area contributed by atoms with Crippen LogP contribution in [0.4, 0.5) is 0 Å². The molecule has 0 saturated carbocycles. The van der Waals surface area contributed by atoms with Crippen molar-refractivity contribution in [2.45, 2.75) is 50.5 Å². The molecule has 0 aliphatic carbocycles. The Morgan fingerprint density at radius 2 is 1.75 bits per heavy atom. The predicted octanol–water partition coefficient (Wildman–Crippen LogP) is 5.07. The highest BCUT2D eigenvalue weighted by atomic mass is 35.5. The van der Waals surface area contributed by atoms with E-state index in [0.29, 0.717) is 28.5 Å². The third-order valence-corrected chi connectivity index (χ3v) is 8.78. The van der Waals surface area contributed by atoms with Gasteiger partial charge in [-0.15, -0.1) is 0 Å². The van der Waals surface area contributed by atoms with E-state index in [1.165, 1.54) is 23.5 Å². The molecule has 170 valence electrons. The molecule has 6 nitrogen and oxygen atoms in total. The van der Waals surface area contributed by atoms with Gasteiger partial charge in [0.15, 0.2) is 4.80 Å². The molecule has 1 aliphatic rings. The number of sulfonamides is 1. The number of nitrogens with zero attached hydrogens (tertiary/aromatic N) is 3. The molecule has 0 bridgehead atoms. The first-order valence-corrected chi connectivity index (χ1v) is 13.5. The van der Waals surface area contributed by atoms with Crippen molar-refractivity contribution in [3.63, 3.8) is 0 Å². The summed E-state index contributed by atoms with van der Waals surface area (Å²) >= 11 is 7.54. The topological polar surface area (TPSA) is 71.7 Å². The van der Waals surface area contributed by atoms with Gasteiger partial charge in [-0.2, -0.15) is 9.30 Å². The largest absolute Gasteiger partial charge is 0.316 e. The summed E-state index contributed by atoms with van der Waals surface area (Å²) < 4.78 is 30.5. The van der Waals surface area contributed by atoms with E-state index in [4.69, 9.17) is 11.6 Å². The normalized spacial score (nSPS) is 16.4. The minimum absolute atomic E-state index is 0.216. The van der Waals surface area contributed by atoms with Crippen LogP contribution in [0.5, 0.6) is 0 Å². The smallest absolute Gasteiger partial charge is 0.279 e. The standard InChI is InChI=1S/C23H26ClN3O3S2/c1-2-13-27-20-12-9-18(24)16-21(20)31-23(27)25-22(28)17-7-10-19(11-8-17)32(29,30)26-14-5-3-4-6-15-26/h7-12,16H,2-6,13-15H2,1H3. The van der Waals surface area contributed by atoms with Crippen LogP contribution in [-0.2, 0) is 16.6 Å². The predicted molar refractivity (Wildman–Crippen MR) is 129 cm³/mol. The first kappa shape index (κ1) is 23.2. The quantitative estimate of drug-likeness (QED) is 0.500. The van der Waals surface area contributed by atoms with Crippen LogP contribution in [0, 0.1) is 0 Å². The maximum atomic E-state index is 13.0. The van der Waals surface area contributed by atoms with E-state index in [-0.39, 0.29) is 4.90 Å². The summed E-state index contributed by atoms with van der Waals surface area (Å²) in [7, 11) is -3.55. The van der Waals surface area contributed by atoms with Crippen LogP contribution in [0.15, 0.2) is 52.4 Å².